The zero-order valence-corrected chi connectivity index (χ0v) is 12.8. The molecule has 0 amide bonds. The lowest BCUT2D eigenvalue weighted by atomic mass is 9.92. The largest absolute Gasteiger partial charge is 0.339 e. The molecule has 1 N–H and O–H groups in total. The number of piperidine rings is 1. The van der Waals surface area contributed by atoms with Crippen LogP contribution >= 0.6 is 0 Å². The minimum atomic E-state index is 0.404. The Bertz CT molecular complexity index is 861. The predicted octanol–water partition coefficient (Wildman–Crippen LogP) is 3.14. The Morgan fingerprint density at radius 1 is 1.13 bits per heavy atom. The lowest BCUT2D eigenvalue weighted by Crippen LogP contribution is -2.29. The number of hydrogen-bond acceptors (Lipinski definition) is 5. The molecule has 1 saturated carbocycles. The molecule has 3 heterocycles. The van der Waals surface area contributed by atoms with E-state index < -0.39 is 0 Å². The zero-order valence-electron chi connectivity index (χ0n) is 12.8. The second kappa shape index (κ2) is 4.86. The summed E-state index contributed by atoms with van der Waals surface area (Å²) in [5.74, 6) is 1.82. The number of pyridine rings is 1. The number of nitrogens with zero attached hydrogens (tertiary/aromatic N) is 3. The SMILES string of the molecule is c1ccc2c(-c3noc(C4CC45CCNCC5)n3)nccc2c1. The molecule has 2 aliphatic rings. The molecule has 1 aliphatic heterocycles. The van der Waals surface area contributed by atoms with Crippen LogP contribution in [0, 0.1) is 5.41 Å². The first-order valence-electron chi connectivity index (χ1n) is 8.24. The van der Waals surface area contributed by atoms with Gasteiger partial charge in [0.15, 0.2) is 0 Å². The maximum Gasteiger partial charge on any atom is 0.230 e. The Kier molecular flexibility index (Phi) is 2.79. The van der Waals surface area contributed by atoms with Crippen molar-refractivity contribution < 1.29 is 4.52 Å². The lowest BCUT2D eigenvalue weighted by molar-refractivity contribution is 0.311. The second-order valence-corrected chi connectivity index (χ2v) is 6.71. The van der Waals surface area contributed by atoms with Crippen molar-refractivity contribution in [3.63, 3.8) is 0 Å². The smallest absolute Gasteiger partial charge is 0.230 e. The average molecular weight is 306 g/mol. The molecule has 3 aromatic rings. The van der Waals surface area contributed by atoms with Gasteiger partial charge in [-0.25, -0.2) is 0 Å². The van der Waals surface area contributed by atoms with Crippen LogP contribution in [-0.4, -0.2) is 28.2 Å². The quantitative estimate of drug-likeness (QED) is 0.788. The van der Waals surface area contributed by atoms with Crippen LogP contribution in [0.3, 0.4) is 0 Å². The summed E-state index contributed by atoms with van der Waals surface area (Å²) in [7, 11) is 0. The van der Waals surface area contributed by atoms with Crippen LogP contribution in [0.5, 0.6) is 0 Å². The van der Waals surface area contributed by atoms with Gasteiger partial charge in [-0.05, 0) is 49.2 Å². The van der Waals surface area contributed by atoms with Crippen molar-refractivity contribution in [2.24, 2.45) is 5.41 Å². The van der Waals surface area contributed by atoms with Gasteiger partial charge in [-0.1, -0.05) is 29.4 Å². The third-order valence-corrected chi connectivity index (χ3v) is 5.41. The summed E-state index contributed by atoms with van der Waals surface area (Å²) in [5.41, 5.74) is 1.21. The van der Waals surface area contributed by atoms with E-state index in [2.05, 4.69) is 32.6 Å². The number of aromatic nitrogens is 3. The number of nitrogens with one attached hydrogen (secondary N) is 1. The molecule has 23 heavy (non-hydrogen) atoms. The second-order valence-electron chi connectivity index (χ2n) is 6.71. The average Bonchev–Trinajstić information content (AvgIpc) is 3.08. The maximum absolute atomic E-state index is 5.60. The molecule has 1 saturated heterocycles. The van der Waals surface area contributed by atoms with Gasteiger partial charge in [-0.15, -0.1) is 0 Å². The topological polar surface area (TPSA) is 63.8 Å². The van der Waals surface area contributed by atoms with Gasteiger partial charge in [0.25, 0.3) is 0 Å². The first kappa shape index (κ1) is 13.2. The minimum absolute atomic E-state index is 0.404. The first-order chi connectivity index (χ1) is 11.4. The predicted molar refractivity (Wildman–Crippen MR) is 86.9 cm³/mol. The third kappa shape index (κ3) is 2.07. The zero-order chi connectivity index (χ0) is 15.3. The number of rotatable bonds is 2. The molecule has 1 aromatic carbocycles. The van der Waals surface area contributed by atoms with Gasteiger partial charge >= 0.3 is 0 Å². The van der Waals surface area contributed by atoms with Crippen molar-refractivity contribution in [3.8, 4) is 11.5 Å². The van der Waals surface area contributed by atoms with Crippen molar-refractivity contribution in [3.05, 3.63) is 42.4 Å². The molecule has 0 radical (unpaired) electrons. The highest BCUT2D eigenvalue weighted by atomic mass is 16.5. The maximum atomic E-state index is 5.60. The van der Waals surface area contributed by atoms with Crippen LogP contribution < -0.4 is 5.32 Å². The normalized spacial score (nSPS) is 22.5. The highest BCUT2D eigenvalue weighted by Crippen LogP contribution is 2.63. The molecule has 5 heteroatoms. The molecule has 116 valence electrons. The van der Waals surface area contributed by atoms with Crippen molar-refractivity contribution in [2.45, 2.75) is 25.2 Å². The third-order valence-electron chi connectivity index (χ3n) is 5.41. The Morgan fingerprint density at radius 2 is 2.00 bits per heavy atom. The van der Waals surface area contributed by atoms with Crippen molar-refractivity contribution in [1.82, 2.24) is 20.4 Å². The lowest BCUT2D eigenvalue weighted by Gasteiger charge is -2.22. The molecule has 5 nitrogen and oxygen atoms in total. The highest BCUT2D eigenvalue weighted by molar-refractivity contribution is 5.92. The Balaban J connectivity index is 1.50. The van der Waals surface area contributed by atoms with Crippen LogP contribution in [0.25, 0.3) is 22.3 Å². The summed E-state index contributed by atoms with van der Waals surface area (Å²) < 4.78 is 5.60. The van der Waals surface area contributed by atoms with Gasteiger partial charge in [0.1, 0.15) is 5.69 Å². The molecule has 2 aromatic heterocycles. The highest BCUT2D eigenvalue weighted by Gasteiger charge is 2.57. The van der Waals surface area contributed by atoms with E-state index in [1.165, 1.54) is 19.3 Å². The van der Waals surface area contributed by atoms with Gasteiger partial charge in [-0.3, -0.25) is 4.98 Å². The van der Waals surface area contributed by atoms with E-state index in [-0.39, 0.29) is 0 Å². The van der Waals surface area contributed by atoms with E-state index in [0.717, 1.165) is 35.4 Å². The molecular weight excluding hydrogens is 288 g/mol. The number of benzene rings is 1. The summed E-state index contributed by atoms with van der Waals surface area (Å²) >= 11 is 0. The molecular formula is C18H18N4O. The van der Waals surface area contributed by atoms with Crippen molar-refractivity contribution >= 4 is 10.8 Å². The fourth-order valence-electron chi connectivity index (χ4n) is 3.94. The summed E-state index contributed by atoms with van der Waals surface area (Å²) in [6.45, 7) is 2.20. The Labute approximate surface area is 134 Å². The van der Waals surface area contributed by atoms with Crippen LogP contribution in [-0.2, 0) is 0 Å². The Morgan fingerprint density at radius 3 is 2.91 bits per heavy atom. The van der Waals surface area contributed by atoms with Crippen LogP contribution in [0.4, 0.5) is 0 Å². The molecule has 1 spiro atoms. The van der Waals surface area contributed by atoms with E-state index >= 15 is 0 Å². The van der Waals surface area contributed by atoms with E-state index in [1.54, 1.807) is 6.20 Å². The van der Waals surface area contributed by atoms with Gasteiger partial charge in [0.2, 0.25) is 11.7 Å². The number of hydrogen-bond donors (Lipinski definition) is 1. The molecule has 5 rings (SSSR count). The van der Waals surface area contributed by atoms with Crippen LogP contribution in [0.2, 0.25) is 0 Å². The molecule has 2 fully saturated rings. The van der Waals surface area contributed by atoms with Gasteiger partial charge < -0.3 is 9.84 Å². The van der Waals surface area contributed by atoms with Gasteiger partial charge in [-0.2, -0.15) is 4.98 Å². The van der Waals surface area contributed by atoms with Gasteiger partial charge in [0.05, 0.1) is 0 Å². The molecule has 0 bridgehead atoms. The van der Waals surface area contributed by atoms with Gasteiger partial charge in [0, 0.05) is 17.5 Å². The molecule has 1 atom stereocenters. The van der Waals surface area contributed by atoms with Crippen molar-refractivity contribution in [2.75, 3.05) is 13.1 Å². The van der Waals surface area contributed by atoms with E-state index in [1.807, 2.05) is 18.2 Å². The summed E-state index contributed by atoms with van der Waals surface area (Å²) in [6.07, 6.45) is 5.40. The monoisotopic (exact) mass is 306 g/mol. The van der Waals surface area contributed by atoms with Crippen LogP contribution in [0.15, 0.2) is 41.1 Å². The Hall–Kier alpha value is -2.27. The van der Waals surface area contributed by atoms with E-state index in [4.69, 9.17) is 4.52 Å². The fraction of sp³-hybridized carbons (Fsp3) is 0.389. The summed E-state index contributed by atoms with van der Waals surface area (Å²) in [4.78, 5) is 9.16. The standard InChI is InChI=1S/C18H18N4O/c1-2-4-13-12(3-1)5-8-20-15(13)16-21-17(23-22-16)14-11-18(14)6-9-19-10-7-18/h1-5,8,14,19H,6-7,9-11H2. The molecule has 1 aliphatic carbocycles. The summed E-state index contributed by atoms with van der Waals surface area (Å²) in [6, 6.07) is 10.2. The first-order valence-corrected chi connectivity index (χ1v) is 8.24. The fourth-order valence-corrected chi connectivity index (χ4v) is 3.94. The number of fused-ring (bicyclic) bond motifs is 1. The van der Waals surface area contributed by atoms with E-state index in [0.29, 0.717) is 17.2 Å². The molecule has 1 unspecified atom stereocenters. The minimum Gasteiger partial charge on any atom is -0.339 e. The van der Waals surface area contributed by atoms with Crippen LogP contribution in [0.1, 0.15) is 31.1 Å². The van der Waals surface area contributed by atoms with E-state index in [9.17, 15) is 0 Å². The van der Waals surface area contributed by atoms with Crippen molar-refractivity contribution in [1.29, 1.82) is 0 Å². The summed E-state index contributed by atoms with van der Waals surface area (Å²) in [5, 5.41) is 9.85.